The van der Waals surface area contributed by atoms with Crippen LogP contribution < -0.4 is 10.1 Å². The topological polar surface area (TPSA) is 58.6 Å². The van der Waals surface area contributed by atoms with Crippen molar-refractivity contribution in [2.45, 2.75) is 18.7 Å². The average Bonchev–Trinajstić information content (AvgIpc) is 3.01. The van der Waals surface area contributed by atoms with Gasteiger partial charge in [-0.1, -0.05) is 72.8 Å². The molecule has 3 aromatic carbocycles. The number of rotatable bonds is 6. The Kier molecular flexibility index (Phi) is 5.18. The van der Waals surface area contributed by atoms with Gasteiger partial charge in [0.15, 0.2) is 5.54 Å². The van der Waals surface area contributed by atoms with Gasteiger partial charge in [-0.3, -0.25) is 9.69 Å². The van der Waals surface area contributed by atoms with E-state index in [1.54, 1.807) is 36.4 Å². The fourth-order valence-electron chi connectivity index (χ4n) is 3.61. The first-order chi connectivity index (χ1) is 14.5. The van der Waals surface area contributed by atoms with Gasteiger partial charge < -0.3 is 10.1 Å². The Morgan fingerprint density at radius 2 is 1.37 bits per heavy atom. The second-order valence-corrected chi connectivity index (χ2v) is 6.83. The maximum atomic E-state index is 13.6. The number of halogens is 2. The monoisotopic (exact) mass is 408 g/mol. The summed E-state index contributed by atoms with van der Waals surface area (Å²) in [4.78, 5) is 27.5. The van der Waals surface area contributed by atoms with Crippen molar-refractivity contribution in [3.63, 3.8) is 0 Å². The molecular formula is C23H18F2N2O3. The van der Waals surface area contributed by atoms with Crippen LogP contribution in [-0.4, -0.2) is 23.4 Å². The van der Waals surface area contributed by atoms with Gasteiger partial charge in [0.05, 0.1) is 6.54 Å². The zero-order valence-corrected chi connectivity index (χ0v) is 15.8. The maximum absolute atomic E-state index is 13.6. The van der Waals surface area contributed by atoms with Crippen LogP contribution in [0.5, 0.6) is 5.75 Å². The van der Waals surface area contributed by atoms with Crippen LogP contribution in [0.2, 0.25) is 0 Å². The van der Waals surface area contributed by atoms with E-state index in [4.69, 9.17) is 0 Å². The predicted molar refractivity (Wildman–Crippen MR) is 106 cm³/mol. The van der Waals surface area contributed by atoms with Crippen LogP contribution in [0.1, 0.15) is 16.7 Å². The predicted octanol–water partition coefficient (Wildman–Crippen LogP) is 4.28. The summed E-state index contributed by atoms with van der Waals surface area (Å²) in [5, 5.41) is 2.87. The molecule has 3 amide bonds. The van der Waals surface area contributed by atoms with Crippen LogP contribution >= 0.6 is 0 Å². The second-order valence-electron chi connectivity index (χ2n) is 6.83. The number of benzene rings is 3. The molecule has 152 valence electrons. The number of hydrogen-bond donors (Lipinski definition) is 1. The SMILES string of the molecule is O=C1NC(c2ccccc2)(c2ccccc2)C(=O)N1Cc1ccc(OC(F)F)cc1. The molecule has 0 saturated carbocycles. The summed E-state index contributed by atoms with van der Waals surface area (Å²) in [7, 11) is 0. The molecule has 1 fully saturated rings. The van der Waals surface area contributed by atoms with Gasteiger partial charge in [-0.2, -0.15) is 8.78 Å². The Hall–Kier alpha value is -3.74. The number of carbonyl (C=O) groups excluding carboxylic acids is 2. The first kappa shape index (κ1) is 19.6. The first-order valence-electron chi connectivity index (χ1n) is 9.29. The van der Waals surface area contributed by atoms with Crippen molar-refractivity contribution in [1.29, 1.82) is 0 Å². The van der Waals surface area contributed by atoms with Crippen molar-refractivity contribution in [3.8, 4) is 5.75 Å². The van der Waals surface area contributed by atoms with Gasteiger partial charge in [-0.05, 0) is 28.8 Å². The van der Waals surface area contributed by atoms with Gasteiger partial charge in [0.1, 0.15) is 5.75 Å². The van der Waals surface area contributed by atoms with E-state index in [0.29, 0.717) is 16.7 Å². The summed E-state index contributed by atoms with van der Waals surface area (Å²) < 4.78 is 29.0. The van der Waals surface area contributed by atoms with Gasteiger partial charge >= 0.3 is 12.6 Å². The number of nitrogens with zero attached hydrogens (tertiary/aromatic N) is 1. The number of hydrogen-bond acceptors (Lipinski definition) is 3. The lowest BCUT2D eigenvalue weighted by molar-refractivity contribution is -0.130. The summed E-state index contributed by atoms with van der Waals surface area (Å²) >= 11 is 0. The molecule has 4 rings (SSSR count). The van der Waals surface area contributed by atoms with E-state index < -0.39 is 24.1 Å². The molecule has 1 N–H and O–H groups in total. The van der Waals surface area contributed by atoms with Crippen LogP contribution in [0.25, 0.3) is 0 Å². The smallest absolute Gasteiger partial charge is 0.387 e. The molecule has 0 atom stereocenters. The average molecular weight is 408 g/mol. The number of imide groups is 1. The number of ether oxygens (including phenoxy) is 1. The minimum atomic E-state index is -2.92. The third kappa shape index (κ3) is 3.50. The zero-order chi connectivity index (χ0) is 21.1. The molecular weight excluding hydrogens is 390 g/mol. The highest BCUT2D eigenvalue weighted by Gasteiger charge is 2.53. The minimum Gasteiger partial charge on any atom is -0.435 e. The van der Waals surface area contributed by atoms with Crippen molar-refractivity contribution < 1.29 is 23.1 Å². The lowest BCUT2D eigenvalue weighted by atomic mass is 9.82. The highest BCUT2D eigenvalue weighted by atomic mass is 19.3. The number of amides is 3. The number of urea groups is 1. The normalized spacial score (nSPS) is 15.4. The summed E-state index contributed by atoms with van der Waals surface area (Å²) in [6, 6.07) is 23.4. The quantitative estimate of drug-likeness (QED) is 0.620. The van der Waals surface area contributed by atoms with Crippen molar-refractivity contribution in [2.24, 2.45) is 0 Å². The van der Waals surface area contributed by atoms with E-state index in [9.17, 15) is 18.4 Å². The fraction of sp³-hybridized carbons (Fsp3) is 0.130. The first-order valence-corrected chi connectivity index (χ1v) is 9.29. The van der Waals surface area contributed by atoms with E-state index in [1.807, 2.05) is 36.4 Å². The van der Waals surface area contributed by atoms with Gasteiger partial charge in [-0.15, -0.1) is 0 Å². The molecule has 30 heavy (non-hydrogen) atoms. The molecule has 7 heteroatoms. The van der Waals surface area contributed by atoms with Gasteiger partial charge in [-0.25, -0.2) is 4.79 Å². The molecule has 1 aliphatic rings. The van der Waals surface area contributed by atoms with Gasteiger partial charge in [0, 0.05) is 0 Å². The molecule has 0 aromatic heterocycles. The summed E-state index contributed by atoms with van der Waals surface area (Å²) in [6.45, 7) is -2.92. The Bertz CT molecular complexity index is 1000. The van der Waals surface area contributed by atoms with Crippen molar-refractivity contribution in [2.75, 3.05) is 0 Å². The Morgan fingerprint density at radius 1 is 0.833 bits per heavy atom. The van der Waals surface area contributed by atoms with Crippen molar-refractivity contribution in [1.82, 2.24) is 10.2 Å². The third-order valence-electron chi connectivity index (χ3n) is 5.01. The third-order valence-corrected chi connectivity index (χ3v) is 5.01. The van der Waals surface area contributed by atoms with E-state index in [-0.39, 0.29) is 12.3 Å². The fourth-order valence-corrected chi connectivity index (χ4v) is 3.61. The molecule has 0 aliphatic carbocycles. The Balaban J connectivity index is 1.67. The van der Waals surface area contributed by atoms with Crippen LogP contribution in [-0.2, 0) is 16.9 Å². The Morgan fingerprint density at radius 3 is 1.87 bits per heavy atom. The molecule has 0 bridgehead atoms. The molecule has 0 spiro atoms. The molecule has 3 aromatic rings. The van der Waals surface area contributed by atoms with E-state index in [2.05, 4.69) is 10.1 Å². The van der Waals surface area contributed by atoms with Crippen LogP contribution in [0.15, 0.2) is 84.9 Å². The lowest BCUT2D eigenvalue weighted by Gasteiger charge is -2.28. The van der Waals surface area contributed by atoms with Crippen molar-refractivity contribution >= 4 is 11.9 Å². The van der Waals surface area contributed by atoms with Gasteiger partial charge in [0.25, 0.3) is 5.91 Å². The molecule has 0 unspecified atom stereocenters. The number of alkyl halides is 2. The van der Waals surface area contributed by atoms with E-state index in [1.165, 1.54) is 12.1 Å². The van der Waals surface area contributed by atoms with Gasteiger partial charge in [0.2, 0.25) is 0 Å². The standard InChI is InChI=1S/C23H18F2N2O3/c24-21(25)30-19-13-11-16(12-14-19)15-27-20(28)23(26-22(27)29,17-7-3-1-4-8-17)18-9-5-2-6-10-18/h1-14,21H,15H2,(H,26,29). The number of nitrogens with one attached hydrogen (secondary N) is 1. The second kappa shape index (κ2) is 7.94. The summed E-state index contributed by atoms with van der Waals surface area (Å²) in [6.07, 6.45) is 0. The molecule has 1 heterocycles. The van der Waals surface area contributed by atoms with Crippen LogP contribution in [0.4, 0.5) is 13.6 Å². The number of carbonyl (C=O) groups is 2. The molecule has 1 saturated heterocycles. The highest BCUT2D eigenvalue weighted by Crippen LogP contribution is 2.36. The minimum absolute atomic E-state index is 0.00103. The van der Waals surface area contributed by atoms with Crippen LogP contribution in [0.3, 0.4) is 0 Å². The maximum Gasteiger partial charge on any atom is 0.387 e. The molecule has 0 radical (unpaired) electrons. The zero-order valence-electron chi connectivity index (χ0n) is 15.8. The Labute approximate surface area is 171 Å². The highest BCUT2D eigenvalue weighted by molar-refractivity contribution is 6.09. The molecule has 5 nitrogen and oxygen atoms in total. The molecule has 1 aliphatic heterocycles. The van der Waals surface area contributed by atoms with Crippen LogP contribution in [0, 0.1) is 0 Å². The summed E-state index contributed by atoms with van der Waals surface area (Å²) in [5.74, 6) is -0.397. The van der Waals surface area contributed by atoms with E-state index >= 15 is 0 Å². The summed E-state index contributed by atoms with van der Waals surface area (Å²) in [5.41, 5.74) is 0.575. The largest absolute Gasteiger partial charge is 0.435 e. The van der Waals surface area contributed by atoms with E-state index in [0.717, 1.165) is 4.90 Å². The van der Waals surface area contributed by atoms with Crippen molar-refractivity contribution in [3.05, 3.63) is 102 Å². The lowest BCUT2D eigenvalue weighted by Crippen LogP contribution is -2.45.